The molecule has 1 rings (SSSR count). The molecule has 0 aliphatic heterocycles. The van der Waals surface area contributed by atoms with Crippen molar-refractivity contribution in [2.45, 2.75) is 12.8 Å². The summed E-state index contributed by atoms with van der Waals surface area (Å²) in [4.78, 5) is 11.4. The summed E-state index contributed by atoms with van der Waals surface area (Å²) in [6.07, 6.45) is 0.752. The van der Waals surface area contributed by atoms with Crippen LogP contribution < -0.4 is 28.7 Å². The van der Waals surface area contributed by atoms with Crippen LogP contribution in [0.4, 0.5) is 8.78 Å². The van der Waals surface area contributed by atoms with E-state index in [1.807, 2.05) is 21.1 Å². The zero-order valence-corrected chi connectivity index (χ0v) is 13.4. The summed E-state index contributed by atoms with van der Waals surface area (Å²) < 4.78 is 31.8. The van der Waals surface area contributed by atoms with E-state index in [0.717, 1.165) is 23.2 Å². The number of para-hydroxylation sites is 1. The third-order valence-electron chi connectivity index (χ3n) is 2.34. The van der Waals surface area contributed by atoms with E-state index in [0.29, 0.717) is 6.42 Å². The summed E-state index contributed by atoms with van der Waals surface area (Å²) in [7, 11) is 6.01. The highest BCUT2D eigenvalue weighted by molar-refractivity contribution is 5.72. The van der Waals surface area contributed by atoms with Crippen molar-refractivity contribution in [2.75, 3.05) is 27.7 Å². The van der Waals surface area contributed by atoms with Crippen LogP contribution in [0.2, 0.25) is 0 Å². The lowest BCUT2D eigenvalue weighted by molar-refractivity contribution is -0.870. The van der Waals surface area contributed by atoms with E-state index in [9.17, 15) is 13.6 Å². The van der Waals surface area contributed by atoms with Gasteiger partial charge in [-0.15, -0.1) is 0 Å². The summed E-state index contributed by atoms with van der Waals surface area (Å²) in [5, 5.41) is 0. The molecule has 0 N–H and O–H groups in total. The molecule has 6 heteroatoms. The van der Waals surface area contributed by atoms with E-state index in [4.69, 9.17) is 4.74 Å². The third-order valence-corrected chi connectivity index (χ3v) is 2.34. The van der Waals surface area contributed by atoms with Gasteiger partial charge in [-0.25, -0.2) is 8.78 Å². The van der Waals surface area contributed by atoms with Crippen molar-refractivity contribution in [3.63, 3.8) is 0 Å². The lowest BCUT2D eigenvalue weighted by Gasteiger charge is -2.23. The topological polar surface area (TPSA) is 26.3 Å². The van der Waals surface area contributed by atoms with Gasteiger partial charge in [0.25, 0.3) is 0 Å². The molecule has 1 aromatic rings. The Labute approximate surface area is 129 Å². The summed E-state index contributed by atoms with van der Waals surface area (Å²) in [5.41, 5.74) is 0. The summed E-state index contributed by atoms with van der Waals surface area (Å²) >= 11 is 0. The van der Waals surface area contributed by atoms with Gasteiger partial charge in [0.15, 0.2) is 11.6 Å². The lowest BCUT2D eigenvalue weighted by Crippen LogP contribution is -3.00. The number of rotatable bonds is 5. The standard InChI is InChI=1S/C13H18F2NO2.HI/c1-16(2,3)9-5-8-12(17)18-13-10(14)6-4-7-11(13)15;/h4,6-7H,5,8-9H2,1-3H3;1H/q+1;/p-1. The van der Waals surface area contributed by atoms with Gasteiger partial charge in [0.1, 0.15) is 0 Å². The second-order valence-electron chi connectivity index (χ2n) is 5.14. The molecular weight excluding hydrogens is 367 g/mol. The maximum Gasteiger partial charge on any atom is 0.311 e. The van der Waals surface area contributed by atoms with Crippen LogP contribution >= 0.6 is 0 Å². The molecule has 0 saturated carbocycles. The summed E-state index contributed by atoms with van der Waals surface area (Å²) in [6.45, 7) is 0.787. The van der Waals surface area contributed by atoms with E-state index >= 15 is 0 Å². The Morgan fingerprint density at radius 2 is 1.74 bits per heavy atom. The fourth-order valence-corrected chi connectivity index (χ4v) is 1.44. The normalized spacial score (nSPS) is 10.8. The maximum atomic E-state index is 13.2. The van der Waals surface area contributed by atoms with Gasteiger partial charge in [0, 0.05) is 6.42 Å². The molecule has 0 bridgehead atoms. The molecule has 0 aliphatic rings. The van der Waals surface area contributed by atoms with Crippen LogP contribution in [0.3, 0.4) is 0 Å². The Kier molecular flexibility index (Phi) is 7.43. The molecule has 0 radical (unpaired) electrons. The average molecular weight is 385 g/mol. The minimum atomic E-state index is -0.866. The highest BCUT2D eigenvalue weighted by Crippen LogP contribution is 2.21. The van der Waals surface area contributed by atoms with Gasteiger partial charge in [-0.1, -0.05) is 6.07 Å². The number of benzene rings is 1. The SMILES string of the molecule is C[N+](C)(C)CCCC(=O)Oc1c(F)cccc1F.[I-]. The second-order valence-corrected chi connectivity index (χ2v) is 5.14. The Morgan fingerprint density at radius 1 is 1.21 bits per heavy atom. The molecule has 19 heavy (non-hydrogen) atoms. The van der Waals surface area contributed by atoms with Gasteiger partial charge in [-0.2, -0.15) is 0 Å². The van der Waals surface area contributed by atoms with Crippen LogP contribution in [0, 0.1) is 11.6 Å². The van der Waals surface area contributed by atoms with E-state index in [2.05, 4.69) is 0 Å². The number of esters is 1. The van der Waals surface area contributed by atoms with Gasteiger partial charge in [-0.3, -0.25) is 4.79 Å². The Bertz CT molecular complexity index is 413. The van der Waals surface area contributed by atoms with E-state index in [1.165, 1.54) is 6.07 Å². The minimum Gasteiger partial charge on any atom is -1.00 e. The highest BCUT2D eigenvalue weighted by atomic mass is 127. The molecule has 0 amide bonds. The predicted molar refractivity (Wildman–Crippen MR) is 64.1 cm³/mol. The molecule has 0 unspecified atom stereocenters. The quantitative estimate of drug-likeness (QED) is 0.292. The smallest absolute Gasteiger partial charge is 0.311 e. The molecule has 0 spiro atoms. The van der Waals surface area contributed by atoms with Gasteiger partial charge < -0.3 is 33.2 Å². The van der Waals surface area contributed by atoms with Crippen LogP contribution in [-0.2, 0) is 4.79 Å². The number of nitrogens with zero attached hydrogens (tertiary/aromatic N) is 1. The number of quaternary nitrogens is 1. The van der Waals surface area contributed by atoms with E-state index in [1.54, 1.807) is 0 Å². The van der Waals surface area contributed by atoms with Crippen molar-refractivity contribution in [2.24, 2.45) is 0 Å². The molecule has 0 saturated heterocycles. The van der Waals surface area contributed by atoms with Gasteiger partial charge in [0.05, 0.1) is 34.1 Å². The van der Waals surface area contributed by atoms with Crippen molar-refractivity contribution in [3.05, 3.63) is 29.8 Å². The zero-order chi connectivity index (χ0) is 13.8. The number of carbonyl (C=O) groups excluding carboxylic acids is 1. The first-order valence-corrected chi connectivity index (χ1v) is 5.75. The first kappa shape index (κ1) is 18.2. The van der Waals surface area contributed by atoms with Crippen LogP contribution in [0.1, 0.15) is 12.8 Å². The van der Waals surface area contributed by atoms with Crippen LogP contribution in [-0.4, -0.2) is 38.1 Å². The maximum absolute atomic E-state index is 13.2. The van der Waals surface area contributed by atoms with Crippen molar-refractivity contribution in [1.29, 1.82) is 0 Å². The highest BCUT2D eigenvalue weighted by Gasteiger charge is 2.15. The molecule has 1 aromatic carbocycles. The number of hydrogen-bond acceptors (Lipinski definition) is 2. The molecule has 108 valence electrons. The molecule has 3 nitrogen and oxygen atoms in total. The number of carbonyl (C=O) groups is 1. The van der Waals surface area contributed by atoms with Crippen LogP contribution in [0.5, 0.6) is 5.75 Å². The largest absolute Gasteiger partial charge is 1.00 e. The van der Waals surface area contributed by atoms with Gasteiger partial charge in [-0.05, 0) is 12.1 Å². The molecule has 0 heterocycles. The van der Waals surface area contributed by atoms with E-state index in [-0.39, 0.29) is 30.4 Å². The first-order chi connectivity index (χ1) is 8.29. The molecule has 0 fully saturated rings. The zero-order valence-electron chi connectivity index (χ0n) is 11.3. The fraction of sp³-hybridized carbons (Fsp3) is 0.462. The van der Waals surface area contributed by atoms with Crippen LogP contribution in [0.25, 0.3) is 0 Å². The number of halogens is 3. The summed E-state index contributed by atoms with van der Waals surface area (Å²) in [5.74, 6) is -2.97. The van der Waals surface area contributed by atoms with Crippen LogP contribution in [0.15, 0.2) is 18.2 Å². The van der Waals surface area contributed by atoms with Crippen molar-refractivity contribution in [1.82, 2.24) is 0 Å². The summed E-state index contributed by atoms with van der Waals surface area (Å²) in [6, 6.07) is 3.33. The third kappa shape index (κ3) is 6.81. The van der Waals surface area contributed by atoms with Crippen molar-refractivity contribution < 1.29 is 46.8 Å². The van der Waals surface area contributed by atoms with Crippen molar-refractivity contribution in [3.8, 4) is 5.75 Å². The van der Waals surface area contributed by atoms with Crippen molar-refractivity contribution >= 4 is 5.97 Å². The van der Waals surface area contributed by atoms with Gasteiger partial charge in [0.2, 0.25) is 5.75 Å². The number of hydrogen-bond donors (Lipinski definition) is 0. The Balaban J connectivity index is 0.00000324. The molecular formula is C13H18F2INO2. The Morgan fingerprint density at radius 3 is 2.21 bits per heavy atom. The second kappa shape index (κ2) is 7.74. The van der Waals surface area contributed by atoms with Gasteiger partial charge >= 0.3 is 5.97 Å². The van der Waals surface area contributed by atoms with E-state index < -0.39 is 23.4 Å². The first-order valence-electron chi connectivity index (χ1n) is 5.75. The average Bonchev–Trinajstić information content (AvgIpc) is 2.22. The molecule has 0 aliphatic carbocycles. The molecule has 0 aromatic heterocycles. The minimum absolute atomic E-state index is 0. The number of ether oxygens (including phenoxy) is 1. The monoisotopic (exact) mass is 385 g/mol. The molecule has 0 atom stereocenters. The Hall–Kier alpha value is -0.760. The fourth-order valence-electron chi connectivity index (χ4n) is 1.44. The lowest BCUT2D eigenvalue weighted by atomic mass is 10.3. The predicted octanol–water partition coefficient (Wildman–Crippen LogP) is -0.639.